The second-order valence-corrected chi connectivity index (χ2v) is 6.88. The number of benzene rings is 2. The highest BCUT2D eigenvalue weighted by atomic mass is 16.3. The molecule has 5 heteroatoms. The van der Waals surface area contributed by atoms with Crippen molar-refractivity contribution < 1.29 is 5.11 Å². The molecule has 0 atom stereocenters. The van der Waals surface area contributed by atoms with Crippen LogP contribution < -0.4 is 10.2 Å². The first kappa shape index (κ1) is 16.8. The molecule has 3 aromatic rings. The van der Waals surface area contributed by atoms with Gasteiger partial charge >= 0.3 is 0 Å². The molecule has 5 nitrogen and oxygen atoms in total. The van der Waals surface area contributed by atoms with E-state index in [0.29, 0.717) is 12.5 Å². The van der Waals surface area contributed by atoms with Crippen LogP contribution in [0.2, 0.25) is 0 Å². The van der Waals surface area contributed by atoms with Gasteiger partial charge in [-0.25, -0.2) is 4.98 Å². The molecule has 0 spiro atoms. The van der Waals surface area contributed by atoms with Gasteiger partial charge in [0.1, 0.15) is 5.82 Å². The maximum Gasteiger partial charge on any atom is 0.145 e. The van der Waals surface area contributed by atoms with Gasteiger partial charge in [0.2, 0.25) is 0 Å². The van der Waals surface area contributed by atoms with E-state index in [0.717, 1.165) is 49.3 Å². The van der Waals surface area contributed by atoms with Crippen molar-refractivity contribution >= 4 is 22.5 Å². The van der Waals surface area contributed by atoms with Gasteiger partial charge in [-0.15, -0.1) is 0 Å². The minimum Gasteiger partial charge on any atom is -0.396 e. The van der Waals surface area contributed by atoms with Crippen molar-refractivity contribution in [1.29, 1.82) is 0 Å². The number of fused-ring (bicyclic) bond motifs is 1. The van der Waals surface area contributed by atoms with Crippen LogP contribution in [0, 0.1) is 5.92 Å². The summed E-state index contributed by atoms with van der Waals surface area (Å²) in [5.41, 5.74) is 4.29. The average Bonchev–Trinajstić information content (AvgIpc) is 2.72. The summed E-state index contributed by atoms with van der Waals surface area (Å²) in [6.45, 7) is 3.08. The first-order valence-electron chi connectivity index (χ1n) is 9.22. The number of aliphatic hydroxyl groups is 1. The zero-order valence-corrected chi connectivity index (χ0v) is 14.8. The smallest absolute Gasteiger partial charge is 0.145 e. The highest BCUT2D eigenvalue weighted by Gasteiger charge is 2.18. The van der Waals surface area contributed by atoms with E-state index in [1.165, 1.54) is 11.3 Å². The van der Waals surface area contributed by atoms with Gasteiger partial charge in [0, 0.05) is 31.9 Å². The number of para-hydroxylation sites is 2. The van der Waals surface area contributed by atoms with E-state index in [-0.39, 0.29) is 0 Å². The number of aromatic nitrogens is 2. The summed E-state index contributed by atoms with van der Waals surface area (Å²) >= 11 is 0. The van der Waals surface area contributed by atoms with Gasteiger partial charge in [-0.2, -0.15) is 0 Å². The summed E-state index contributed by atoms with van der Waals surface area (Å²) in [6.07, 6.45) is 3.92. The molecule has 134 valence electrons. The van der Waals surface area contributed by atoms with Crippen molar-refractivity contribution in [1.82, 2.24) is 9.97 Å². The van der Waals surface area contributed by atoms with Gasteiger partial charge < -0.3 is 15.3 Å². The minimum absolute atomic E-state index is 0.316. The molecule has 2 N–H and O–H groups in total. The molecule has 1 aliphatic heterocycles. The lowest BCUT2D eigenvalue weighted by molar-refractivity contribution is 0.203. The Morgan fingerprint density at radius 2 is 1.73 bits per heavy atom. The number of hydrogen-bond donors (Lipinski definition) is 2. The van der Waals surface area contributed by atoms with Gasteiger partial charge in [0.15, 0.2) is 0 Å². The molecule has 2 heterocycles. The van der Waals surface area contributed by atoms with Crippen LogP contribution in [0.4, 0.5) is 11.5 Å². The van der Waals surface area contributed by atoms with Gasteiger partial charge in [0.25, 0.3) is 0 Å². The second kappa shape index (κ2) is 7.70. The molecule has 1 aliphatic rings. The lowest BCUT2D eigenvalue weighted by Crippen LogP contribution is -2.34. The first-order chi connectivity index (χ1) is 12.8. The lowest BCUT2D eigenvalue weighted by atomic mass is 9.97. The van der Waals surface area contributed by atoms with Crippen molar-refractivity contribution in [2.24, 2.45) is 5.92 Å². The van der Waals surface area contributed by atoms with E-state index in [1.54, 1.807) is 6.20 Å². The lowest BCUT2D eigenvalue weighted by Gasteiger charge is -2.33. The number of hydrogen-bond acceptors (Lipinski definition) is 5. The quantitative estimate of drug-likeness (QED) is 0.739. The molecule has 2 aromatic carbocycles. The molecule has 1 saturated heterocycles. The van der Waals surface area contributed by atoms with Crippen LogP contribution in [0.5, 0.6) is 0 Å². The van der Waals surface area contributed by atoms with E-state index < -0.39 is 0 Å². The van der Waals surface area contributed by atoms with Crippen LogP contribution >= 0.6 is 0 Å². The normalized spacial score (nSPS) is 15.3. The summed E-state index contributed by atoms with van der Waals surface area (Å²) in [7, 11) is 0. The van der Waals surface area contributed by atoms with E-state index >= 15 is 0 Å². The Morgan fingerprint density at radius 1 is 1.00 bits per heavy atom. The Bertz CT molecular complexity index is 857. The van der Waals surface area contributed by atoms with Crippen molar-refractivity contribution in [3.8, 4) is 0 Å². The van der Waals surface area contributed by atoms with Gasteiger partial charge in [-0.3, -0.25) is 4.98 Å². The second-order valence-electron chi connectivity index (χ2n) is 6.88. The Hall–Kier alpha value is -2.66. The highest BCUT2D eigenvalue weighted by molar-refractivity contribution is 5.75. The van der Waals surface area contributed by atoms with E-state index in [2.05, 4.69) is 44.5 Å². The van der Waals surface area contributed by atoms with E-state index in [9.17, 15) is 5.11 Å². The minimum atomic E-state index is 0.316. The van der Waals surface area contributed by atoms with Crippen molar-refractivity contribution in [3.05, 3.63) is 60.3 Å². The predicted molar refractivity (Wildman–Crippen MR) is 105 cm³/mol. The molecule has 0 aliphatic carbocycles. The number of rotatable bonds is 5. The fraction of sp³-hybridized carbons (Fsp3) is 0.333. The topological polar surface area (TPSA) is 61.3 Å². The van der Waals surface area contributed by atoms with Gasteiger partial charge in [0.05, 0.1) is 17.2 Å². The third kappa shape index (κ3) is 3.78. The summed E-state index contributed by atoms with van der Waals surface area (Å²) in [5, 5.41) is 12.6. The Kier molecular flexibility index (Phi) is 4.97. The third-order valence-corrected chi connectivity index (χ3v) is 5.10. The molecular formula is C21H24N4O. The number of nitrogens with zero attached hydrogens (tertiary/aromatic N) is 3. The molecule has 1 aromatic heterocycles. The number of aliphatic hydroxyl groups excluding tert-OH is 1. The van der Waals surface area contributed by atoms with Crippen molar-refractivity contribution in [3.63, 3.8) is 0 Å². The van der Waals surface area contributed by atoms with Crippen LogP contribution in [0.15, 0.2) is 54.7 Å². The Labute approximate surface area is 153 Å². The van der Waals surface area contributed by atoms with Crippen molar-refractivity contribution in [2.75, 3.05) is 29.9 Å². The molecule has 0 saturated carbocycles. The predicted octanol–water partition coefficient (Wildman–Crippen LogP) is 3.45. The maximum absolute atomic E-state index is 9.26. The zero-order chi connectivity index (χ0) is 17.8. The zero-order valence-electron chi connectivity index (χ0n) is 14.8. The fourth-order valence-corrected chi connectivity index (χ4v) is 3.43. The number of nitrogens with one attached hydrogen (secondary N) is 1. The fourth-order valence-electron chi connectivity index (χ4n) is 3.43. The molecular weight excluding hydrogens is 324 g/mol. The number of piperidine rings is 1. The molecule has 0 unspecified atom stereocenters. The Balaban J connectivity index is 1.36. The van der Waals surface area contributed by atoms with Crippen LogP contribution in [-0.4, -0.2) is 34.8 Å². The maximum atomic E-state index is 9.26. The first-order valence-corrected chi connectivity index (χ1v) is 9.22. The average molecular weight is 348 g/mol. The molecule has 0 bridgehead atoms. The van der Waals surface area contributed by atoms with Crippen LogP contribution in [-0.2, 0) is 6.54 Å². The van der Waals surface area contributed by atoms with E-state index in [4.69, 9.17) is 0 Å². The summed E-state index contributed by atoms with van der Waals surface area (Å²) in [5.74, 6) is 1.26. The van der Waals surface area contributed by atoms with Crippen LogP contribution in [0.3, 0.4) is 0 Å². The van der Waals surface area contributed by atoms with Gasteiger partial charge in [-0.05, 0) is 48.6 Å². The SMILES string of the molecule is OCC1CCN(c2ccc(CNc3cnc4ccccc4n3)cc2)CC1. The van der Waals surface area contributed by atoms with Crippen LogP contribution in [0.1, 0.15) is 18.4 Å². The van der Waals surface area contributed by atoms with Gasteiger partial charge in [-0.1, -0.05) is 24.3 Å². The monoisotopic (exact) mass is 348 g/mol. The molecule has 0 radical (unpaired) electrons. The largest absolute Gasteiger partial charge is 0.396 e. The molecule has 4 rings (SSSR count). The number of anilines is 2. The van der Waals surface area contributed by atoms with Crippen LogP contribution in [0.25, 0.3) is 11.0 Å². The Morgan fingerprint density at radius 3 is 2.46 bits per heavy atom. The third-order valence-electron chi connectivity index (χ3n) is 5.10. The van der Waals surface area contributed by atoms with E-state index in [1.807, 2.05) is 24.3 Å². The molecule has 1 fully saturated rings. The standard InChI is InChI=1S/C21H24N4O/c26-15-17-9-11-25(12-10-17)18-7-5-16(6-8-18)13-23-21-14-22-19-3-1-2-4-20(19)24-21/h1-8,14,17,26H,9-13,15H2,(H,23,24). The summed E-state index contributed by atoms with van der Waals surface area (Å²) in [6, 6.07) is 16.6. The summed E-state index contributed by atoms with van der Waals surface area (Å²) in [4.78, 5) is 11.4. The molecule has 0 amide bonds. The highest BCUT2D eigenvalue weighted by Crippen LogP contribution is 2.23. The molecule has 26 heavy (non-hydrogen) atoms. The van der Waals surface area contributed by atoms with Crippen molar-refractivity contribution in [2.45, 2.75) is 19.4 Å². The summed E-state index contributed by atoms with van der Waals surface area (Å²) < 4.78 is 0.